The number of methoxy groups -OCH3 is 1. The number of para-hydroxylation sites is 1. The second kappa shape index (κ2) is 4.86. The van der Waals surface area contributed by atoms with Crippen LogP contribution in [0.4, 0.5) is 6.01 Å². The molecule has 0 amide bonds. The van der Waals surface area contributed by atoms with Gasteiger partial charge < -0.3 is 14.6 Å². The quantitative estimate of drug-likeness (QED) is 0.879. The van der Waals surface area contributed by atoms with E-state index in [4.69, 9.17) is 9.26 Å². The van der Waals surface area contributed by atoms with Gasteiger partial charge in [0.1, 0.15) is 5.75 Å². The summed E-state index contributed by atoms with van der Waals surface area (Å²) in [5, 5.41) is 6.97. The van der Waals surface area contributed by atoms with Crippen molar-refractivity contribution in [1.82, 2.24) is 10.1 Å². The molecule has 2 aromatic rings. The van der Waals surface area contributed by atoms with Gasteiger partial charge in [-0.1, -0.05) is 17.3 Å². The predicted molar refractivity (Wildman–Crippen MR) is 65.0 cm³/mol. The third-order valence-corrected chi connectivity index (χ3v) is 2.19. The number of aromatic nitrogens is 2. The van der Waals surface area contributed by atoms with Crippen LogP contribution in [0.15, 0.2) is 28.8 Å². The Morgan fingerprint density at radius 2 is 2.06 bits per heavy atom. The van der Waals surface area contributed by atoms with E-state index >= 15 is 0 Å². The minimum absolute atomic E-state index is 0.251. The molecule has 5 nitrogen and oxygen atoms in total. The van der Waals surface area contributed by atoms with Crippen molar-refractivity contribution >= 4 is 6.01 Å². The highest BCUT2D eigenvalue weighted by Crippen LogP contribution is 2.27. The summed E-state index contributed by atoms with van der Waals surface area (Å²) in [4.78, 5) is 4.26. The van der Waals surface area contributed by atoms with Crippen LogP contribution >= 0.6 is 0 Å². The molecular formula is C12H15N3O2. The summed E-state index contributed by atoms with van der Waals surface area (Å²) in [5.74, 6) is 1.25. The predicted octanol–water partition coefficient (Wildman–Crippen LogP) is 2.57. The van der Waals surface area contributed by atoms with Gasteiger partial charge in [-0.05, 0) is 26.0 Å². The highest BCUT2D eigenvalue weighted by molar-refractivity contribution is 5.64. The summed E-state index contributed by atoms with van der Waals surface area (Å²) in [6, 6.07) is 8.23. The Hall–Kier alpha value is -2.04. The molecule has 0 radical (unpaired) electrons. The Bertz CT molecular complexity index is 494. The second-order valence-electron chi connectivity index (χ2n) is 3.92. The van der Waals surface area contributed by atoms with Gasteiger partial charge in [0.2, 0.25) is 5.82 Å². The zero-order chi connectivity index (χ0) is 12.3. The molecule has 0 aliphatic heterocycles. The highest BCUT2D eigenvalue weighted by atomic mass is 16.5. The minimum atomic E-state index is 0.251. The zero-order valence-electron chi connectivity index (χ0n) is 10.1. The smallest absolute Gasteiger partial charge is 0.321 e. The molecule has 0 unspecified atom stereocenters. The van der Waals surface area contributed by atoms with Crippen molar-refractivity contribution in [2.45, 2.75) is 19.9 Å². The number of hydrogen-bond acceptors (Lipinski definition) is 5. The highest BCUT2D eigenvalue weighted by Gasteiger charge is 2.12. The molecule has 1 aromatic carbocycles. The van der Waals surface area contributed by atoms with Gasteiger partial charge in [0.05, 0.1) is 12.7 Å². The lowest BCUT2D eigenvalue weighted by atomic mass is 10.2. The van der Waals surface area contributed by atoms with Crippen LogP contribution in [0, 0.1) is 0 Å². The maximum atomic E-state index is 5.25. The molecule has 0 atom stereocenters. The number of nitrogens with one attached hydrogen (secondary N) is 1. The average Bonchev–Trinajstić information content (AvgIpc) is 2.76. The van der Waals surface area contributed by atoms with E-state index in [0.29, 0.717) is 11.8 Å². The Balaban J connectivity index is 2.30. The molecule has 1 heterocycles. The van der Waals surface area contributed by atoms with Gasteiger partial charge in [0, 0.05) is 6.04 Å². The van der Waals surface area contributed by atoms with Crippen molar-refractivity contribution in [3.05, 3.63) is 24.3 Å². The van der Waals surface area contributed by atoms with E-state index in [1.54, 1.807) is 7.11 Å². The van der Waals surface area contributed by atoms with Crippen molar-refractivity contribution in [1.29, 1.82) is 0 Å². The summed E-state index contributed by atoms with van der Waals surface area (Å²) >= 11 is 0. The molecule has 1 N–H and O–H groups in total. The number of ether oxygens (including phenoxy) is 1. The van der Waals surface area contributed by atoms with E-state index in [1.807, 2.05) is 38.1 Å². The molecule has 5 heteroatoms. The SMILES string of the molecule is COc1ccccc1-c1noc(NC(C)C)n1. The molecular weight excluding hydrogens is 218 g/mol. The summed E-state index contributed by atoms with van der Waals surface area (Å²) in [6.45, 7) is 4.01. The van der Waals surface area contributed by atoms with Crippen LogP contribution in [-0.2, 0) is 0 Å². The molecule has 0 spiro atoms. The van der Waals surface area contributed by atoms with Crippen LogP contribution in [-0.4, -0.2) is 23.3 Å². The van der Waals surface area contributed by atoms with Crippen LogP contribution < -0.4 is 10.1 Å². The maximum absolute atomic E-state index is 5.25. The first-order valence-corrected chi connectivity index (χ1v) is 5.44. The lowest BCUT2D eigenvalue weighted by Gasteiger charge is -2.03. The van der Waals surface area contributed by atoms with Gasteiger partial charge in [-0.2, -0.15) is 4.98 Å². The van der Waals surface area contributed by atoms with Crippen molar-refractivity contribution < 1.29 is 9.26 Å². The molecule has 0 aliphatic carbocycles. The molecule has 2 rings (SSSR count). The molecule has 0 aliphatic rings. The number of hydrogen-bond donors (Lipinski definition) is 1. The molecule has 0 saturated heterocycles. The normalized spacial score (nSPS) is 10.6. The van der Waals surface area contributed by atoms with Crippen molar-refractivity contribution in [2.24, 2.45) is 0 Å². The number of nitrogens with zero attached hydrogens (tertiary/aromatic N) is 2. The maximum Gasteiger partial charge on any atom is 0.321 e. The lowest BCUT2D eigenvalue weighted by Crippen LogP contribution is -2.09. The first-order chi connectivity index (χ1) is 8.20. The lowest BCUT2D eigenvalue weighted by molar-refractivity contribution is 0.413. The molecule has 1 aromatic heterocycles. The molecule has 0 saturated carbocycles. The van der Waals surface area contributed by atoms with Gasteiger partial charge in [0.25, 0.3) is 0 Å². The van der Waals surface area contributed by atoms with E-state index in [0.717, 1.165) is 11.3 Å². The van der Waals surface area contributed by atoms with Gasteiger partial charge in [-0.25, -0.2) is 0 Å². The van der Waals surface area contributed by atoms with Crippen molar-refractivity contribution in [3.63, 3.8) is 0 Å². The van der Waals surface area contributed by atoms with Gasteiger partial charge in [-0.15, -0.1) is 0 Å². The van der Waals surface area contributed by atoms with Gasteiger partial charge in [0.15, 0.2) is 0 Å². The first-order valence-electron chi connectivity index (χ1n) is 5.44. The van der Waals surface area contributed by atoms with Crippen LogP contribution in [0.3, 0.4) is 0 Å². The third-order valence-electron chi connectivity index (χ3n) is 2.19. The number of rotatable bonds is 4. The molecule has 90 valence electrons. The Morgan fingerprint density at radius 3 is 2.76 bits per heavy atom. The fraction of sp³-hybridized carbons (Fsp3) is 0.333. The number of benzene rings is 1. The molecule has 17 heavy (non-hydrogen) atoms. The van der Waals surface area contributed by atoms with Crippen LogP contribution in [0.1, 0.15) is 13.8 Å². The standard InChI is InChI=1S/C12H15N3O2/c1-8(2)13-12-14-11(15-17-12)9-6-4-5-7-10(9)16-3/h4-8H,1-3H3,(H,13,14,15). The fourth-order valence-corrected chi connectivity index (χ4v) is 1.47. The van der Waals surface area contributed by atoms with E-state index < -0.39 is 0 Å². The Morgan fingerprint density at radius 1 is 1.29 bits per heavy atom. The molecule has 0 bridgehead atoms. The summed E-state index contributed by atoms with van der Waals surface area (Å²) in [7, 11) is 1.62. The van der Waals surface area contributed by atoms with Crippen LogP contribution in [0.25, 0.3) is 11.4 Å². The van der Waals surface area contributed by atoms with Gasteiger partial charge >= 0.3 is 6.01 Å². The average molecular weight is 233 g/mol. The largest absolute Gasteiger partial charge is 0.496 e. The van der Waals surface area contributed by atoms with Crippen LogP contribution in [0.5, 0.6) is 5.75 Å². The zero-order valence-corrected chi connectivity index (χ0v) is 10.1. The van der Waals surface area contributed by atoms with E-state index in [1.165, 1.54) is 0 Å². The van der Waals surface area contributed by atoms with Crippen molar-refractivity contribution in [2.75, 3.05) is 12.4 Å². The van der Waals surface area contributed by atoms with E-state index in [2.05, 4.69) is 15.5 Å². The van der Waals surface area contributed by atoms with E-state index in [-0.39, 0.29) is 6.04 Å². The second-order valence-corrected chi connectivity index (χ2v) is 3.92. The number of anilines is 1. The fourth-order valence-electron chi connectivity index (χ4n) is 1.47. The van der Waals surface area contributed by atoms with Crippen LogP contribution in [0.2, 0.25) is 0 Å². The first kappa shape index (κ1) is 11.4. The minimum Gasteiger partial charge on any atom is -0.496 e. The summed E-state index contributed by atoms with van der Waals surface area (Å²) < 4.78 is 10.3. The van der Waals surface area contributed by atoms with E-state index in [9.17, 15) is 0 Å². The Kier molecular flexibility index (Phi) is 3.27. The summed E-state index contributed by atoms with van der Waals surface area (Å²) in [5.41, 5.74) is 0.815. The molecule has 0 fully saturated rings. The third kappa shape index (κ3) is 2.55. The monoisotopic (exact) mass is 233 g/mol. The van der Waals surface area contributed by atoms with Gasteiger partial charge in [-0.3, -0.25) is 0 Å². The Labute approximate surface area is 99.8 Å². The summed E-state index contributed by atoms with van der Waals surface area (Å²) in [6.07, 6.45) is 0. The van der Waals surface area contributed by atoms with Crippen molar-refractivity contribution in [3.8, 4) is 17.1 Å². The topological polar surface area (TPSA) is 60.2 Å².